The molecule has 250 valence electrons. The predicted octanol–water partition coefficient (Wildman–Crippen LogP) is 6.70. The zero-order valence-corrected chi connectivity index (χ0v) is 27.8. The largest absolute Gasteiger partial charge is 0.478 e. The number of esters is 1. The van der Waals surface area contributed by atoms with Crippen molar-refractivity contribution in [2.75, 3.05) is 5.75 Å². The van der Waals surface area contributed by atoms with Crippen molar-refractivity contribution >= 4 is 29.6 Å². The highest BCUT2D eigenvalue weighted by molar-refractivity contribution is 7.99. The summed E-state index contributed by atoms with van der Waals surface area (Å²) in [4.78, 5) is 36.2. The average Bonchev–Trinajstić information content (AvgIpc) is 3.10. The third-order valence-corrected chi connectivity index (χ3v) is 9.48. The maximum atomic E-state index is 12.4. The van der Waals surface area contributed by atoms with Gasteiger partial charge in [0.1, 0.15) is 0 Å². The summed E-state index contributed by atoms with van der Waals surface area (Å²) in [7, 11) is 0. The van der Waals surface area contributed by atoms with Gasteiger partial charge in [0, 0.05) is 35.6 Å². The summed E-state index contributed by atoms with van der Waals surface area (Å²) in [6.45, 7) is 5.08. The molecule has 0 aliphatic carbocycles. The van der Waals surface area contributed by atoms with Gasteiger partial charge in [0.05, 0.1) is 24.4 Å². The standard InChI is InChI=1S/C38H39NO8S/c1-23-33(22-48-34-11-7-6-10-32(34)37(43)44)46-38(47-35(23)28-14-12-26(21-40)13-15-28)29-18-16-27(17-19-29)31-9-5-4-8-30(31)20-39-36(42)24(2)45-25(3)41/h4-19,23-24,33,35,38,40H,20-22H2,1-3H3,(H,39,42)(H,43,44)/t23-,24-,33+,35+,38+/m0/s1. The fourth-order valence-corrected chi connectivity index (χ4v) is 6.87. The molecule has 1 saturated heterocycles. The van der Waals surface area contributed by atoms with Crippen molar-refractivity contribution < 1.29 is 38.8 Å². The monoisotopic (exact) mass is 669 g/mol. The van der Waals surface area contributed by atoms with Crippen LogP contribution < -0.4 is 5.32 Å². The number of carboxylic acids is 1. The molecule has 1 heterocycles. The number of aliphatic hydroxyl groups is 1. The molecule has 48 heavy (non-hydrogen) atoms. The molecule has 0 spiro atoms. The van der Waals surface area contributed by atoms with Gasteiger partial charge >= 0.3 is 11.9 Å². The van der Waals surface area contributed by atoms with E-state index in [4.69, 9.17) is 14.2 Å². The van der Waals surface area contributed by atoms with E-state index in [1.165, 1.54) is 25.6 Å². The van der Waals surface area contributed by atoms with E-state index < -0.39 is 24.3 Å². The number of rotatable bonds is 12. The van der Waals surface area contributed by atoms with E-state index in [1.807, 2.05) is 84.9 Å². The second kappa shape index (κ2) is 16.1. The summed E-state index contributed by atoms with van der Waals surface area (Å²) in [5.74, 6) is -1.41. The molecule has 0 saturated carbocycles. The normalized spacial score (nSPS) is 19.7. The zero-order chi connectivity index (χ0) is 34.2. The van der Waals surface area contributed by atoms with Crippen LogP contribution in [0.1, 0.15) is 65.8 Å². The van der Waals surface area contributed by atoms with Gasteiger partial charge in [-0.15, -0.1) is 11.8 Å². The lowest BCUT2D eigenvalue weighted by Gasteiger charge is -2.41. The first-order chi connectivity index (χ1) is 23.1. The number of ether oxygens (including phenoxy) is 3. The predicted molar refractivity (Wildman–Crippen MR) is 182 cm³/mol. The summed E-state index contributed by atoms with van der Waals surface area (Å²) in [5.41, 5.74) is 5.63. The molecular weight excluding hydrogens is 630 g/mol. The van der Waals surface area contributed by atoms with Gasteiger partial charge in [0.15, 0.2) is 12.4 Å². The van der Waals surface area contributed by atoms with Crippen molar-refractivity contribution in [3.8, 4) is 11.1 Å². The number of hydrogen-bond acceptors (Lipinski definition) is 8. The highest BCUT2D eigenvalue weighted by Crippen LogP contribution is 2.43. The Balaban J connectivity index is 1.36. The lowest BCUT2D eigenvalue weighted by atomic mass is 9.91. The molecule has 0 bridgehead atoms. The van der Waals surface area contributed by atoms with Crippen LogP contribution in [0, 0.1) is 5.92 Å². The Hall–Kier alpha value is -4.48. The Labute approximate surface area is 284 Å². The topological polar surface area (TPSA) is 131 Å². The number of hydrogen-bond donors (Lipinski definition) is 3. The van der Waals surface area contributed by atoms with Gasteiger partial charge in [-0.25, -0.2) is 4.79 Å². The Morgan fingerprint density at radius 3 is 2.25 bits per heavy atom. The second-order valence-corrected chi connectivity index (χ2v) is 12.7. The minimum absolute atomic E-state index is 0.0510. The molecule has 1 aliphatic rings. The van der Waals surface area contributed by atoms with Gasteiger partial charge in [-0.3, -0.25) is 9.59 Å². The summed E-state index contributed by atoms with van der Waals surface area (Å²) in [5, 5.41) is 22.1. The number of amides is 1. The van der Waals surface area contributed by atoms with Crippen LogP contribution in [0.3, 0.4) is 0 Å². The van der Waals surface area contributed by atoms with Crippen molar-refractivity contribution in [2.45, 2.75) is 63.4 Å². The van der Waals surface area contributed by atoms with E-state index in [1.54, 1.807) is 12.1 Å². The van der Waals surface area contributed by atoms with Gasteiger partial charge in [-0.05, 0) is 46.9 Å². The van der Waals surface area contributed by atoms with Crippen LogP contribution in [0.5, 0.6) is 0 Å². The quantitative estimate of drug-likeness (QED) is 0.111. The van der Waals surface area contributed by atoms with E-state index in [2.05, 4.69) is 12.2 Å². The molecular formula is C38H39NO8S. The Kier molecular flexibility index (Phi) is 11.7. The maximum Gasteiger partial charge on any atom is 0.336 e. The SMILES string of the molecule is CC(=O)O[C@@H](C)C(=O)NCc1ccccc1-c1ccc([C@@H]2O[C@H](CSc3ccccc3C(=O)O)[C@H](C)[C@H](c3ccc(CO)cc3)O2)cc1. The van der Waals surface area contributed by atoms with Gasteiger partial charge in [-0.1, -0.05) is 91.9 Å². The van der Waals surface area contributed by atoms with Crippen molar-refractivity contribution in [2.24, 2.45) is 5.92 Å². The molecule has 0 radical (unpaired) electrons. The van der Waals surface area contributed by atoms with Gasteiger partial charge in [0.25, 0.3) is 5.91 Å². The number of carbonyl (C=O) groups is 3. The van der Waals surface area contributed by atoms with Gasteiger partial charge in [0.2, 0.25) is 0 Å². The second-order valence-electron chi connectivity index (χ2n) is 11.7. The summed E-state index contributed by atoms with van der Waals surface area (Å²) >= 11 is 1.45. The number of aliphatic hydroxyl groups excluding tert-OH is 1. The number of benzene rings is 4. The van der Waals surface area contributed by atoms with Crippen molar-refractivity contribution in [1.82, 2.24) is 5.32 Å². The van der Waals surface area contributed by atoms with Crippen LogP contribution in [-0.4, -0.2) is 46.0 Å². The first-order valence-corrected chi connectivity index (χ1v) is 16.7. The van der Waals surface area contributed by atoms with Crippen LogP contribution >= 0.6 is 11.8 Å². The fraction of sp³-hybridized carbons (Fsp3) is 0.289. The molecule has 0 unspecified atom stereocenters. The minimum atomic E-state index is -0.973. The van der Waals surface area contributed by atoms with Crippen LogP contribution in [0.2, 0.25) is 0 Å². The van der Waals surface area contributed by atoms with E-state index >= 15 is 0 Å². The highest BCUT2D eigenvalue weighted by atomic mass is 32.2. The number of carbonyl (C=O) groups excluding carboxylic acids is 2. The Bertz CT molecular complexity index is 1730. The van der Waals surface area contributed by atoms with Crippen molar-refractivity contribution in [3.05, 3.63) is 125 Å². The first-order valence-electron chi connectivity index (χ1n) is 15.7. The third kappa shape index (κ3) is 8.51. The van der Waals surface area contributed by atoms with Gasteiger partial charge < -0.3 is 29.7 Å². The molecule has 1 amide bonds. The van der Waals surface area contributed by atoms with Gasteiger partial charge in [-0.2, -0.15) is 0 Å². The molecule has 4 aromatic carbocycles. The lowest BCUT2D eigenvalue weighted by Crippen LogP contribution is -2.38. The molecule has 9 nitrogen and oxygen atoms in total. The molecule has 1 aliphatic heterocycles. The zero-order valence-electron chi connectivity index (χ0n) is 27.0. The van der Waals surface area contributed by atoms with E-state index in [-0.39, 0.29) is 42.7 Å². The molecule has 5 rings (SSSR count). The molecule has 10 heteroatoms. The molecule has 0 aromatic heterocycles. The molecule has 5 atom stereocenters. The Morgan fingerprint density at radius 1 is 0.896 bits per heavy atom. The van der Waals surface area contributed by atoms with E-state index in [0.29, 0.717) is 10.6 Å². The molecule has 4 aromatic rings. The first kappa shape index (κ1) is 34.8. The van der Waals surface area contributed by atoms with Crippen LogP contribution in [0.25, 0.3) is 11.1 Å². The smallest absolute Gasteiger partial charge is 0.336 e. The molecule has 1 fully saturated rings. The number of carboxylic acid groups (broad SMARTS) is 1. The lowest BCUT2D eigenvalue weighted by molar-refractivity contribution is -0.268. The minimum Gasteiger partial charge on any atom is -0.478 e. The van der Waals surface area contributed by atoms with Crippen LogP contribution in [-0.2, 0) is 37.0 Å². The maximum absolute atomic E-state index is 12.4. The van der Waals surface area contributed by atoms with Crippen LogP contribution in [0.15, 0.2) is 102 Å². The molecule has 3 N–H and O–H groups in total. The summed E-state index contributed by atoms with van der Waals surface area (Å²) < 4.78 is 18.2. The van der Waals surface area contributed by atoms with E-state index in [9.17, 15) is 24.6 Å². The van der Waals surface area contributed by atoms with Crippen molar-refractivity contribution in [3.63, 3.8) is 0 Å². The third-order valence-electron chi connectivity index (χ3n) is 8.32. The fourth-order valence-electron chi connectivity index (χ4n) is 5.66. The van der Waals surface area contributed by atoms with Crippen molar-refractivity contribution in [1.29, 1.82) is 0 Å². The van der Waals surface area contributed by atoms with Crippen LogP contribution in [0.4, 0.5) is 0 Å². The summed E-state index contributed by atoms with van der Waals surface area (Å²) in [6.07, 6.45) is -2.15. The average molecular weight is 670 g/mol. The highest BCUT2D eigenvalue weighted by Gasteiger charge is 2.38. The Morgan fingerprint density at radius 2 is 1.56 bits per heavy atom. The number of aromatic carboxylic acids is 1. The van der Waals surface area contributed by atoms with E-state index in [0.717, 1.165) is 33.4 Å². The number of thioether (sulfide) groups is 1. The summed E-state index contributed by atoms with van der Waals surface area (Å²) in [6, 6.07) is 30.3. The number of nitrogens with one attached hydrogen (secondary N) is 1.